The van der Waals surface area contributed by atoms with Gasteiger partial charge in [0.15, 0.2) is 5.69 Å². The number of nitro groups is 1. The van der Waals surface area contributed by atoms with Crippen LogP contribution in [-0.2, 0) is 17.5 Å². The van der Waals surface area contributed by atoms with E-state index in [1.54, 1.807) is 6.92 Å². The van der Waals surface area contributed by atoms with E-state index in [0.29, 0.717) is 12.3 Å². The molecule has 0 radical (unpaired) electrons. The van der Waals surface area contributed by atoms with Crippen LogP contribution in [0, 0.1) is 10.1 Å². The summed E-state index contributed by atoms with van der Waals surface area (Å²) in [7, 11) is 0. The molecule has 0 atom stereocenters. The fraction of sp³-hybridized carbons (Fsp3) is 0.412. The van der Waals surface area contributed by atoms with Crippen LogP contribution in [0.2, 0.25) is 0 Å². The zero-order valence-corrected chi connectivity index (χ0v) is 14.8. The fourth-order valence-corrected chi connectivity index (χ4v) is 2.75. The summed E-state index contributed by atoms with van der Waals surface area (Å²) < 4.78 is 45.0. The number of carbonyl (C=O) groups is 1. The molecular weight excluding hydrogens is 381 g/mol. The molecule has 2 aromatic rings. The molecule has 3 rings (SSSR count). The monoisotopic (exact) mass is 398 g/mol. The van der Waals surface area contributed by atoms with Crippen molar-refractivity contribution in [2.75, 3.05) is 11.9 Å². The Labute approximate surface area is 157 Å². The van der Waals surface area contributed by atoms with E-state index in [2.05, 4.69) is 10.4 Å². The first kappa shape index (κ1) is 19.6. The molecule has 1 N–H and O–H groups in total. The highest BCUT2D eigenvalue weighted by molar-refractivity contribution is 5.93. The minimum absolute atomic E-state index is 0.0591. The number of benzene rings is 1. The SMILES string of the molecule is CCOc1ccc(NC(=O)Cn2nc(C(F)(F)F)cc2C2CC2)c([N+](=O)[O-])c1. The standard InChI is InChI=1S/C17H17F3N4O4/c1-2-28-11-5-6-12(14(7-11)24(26)27)21-16(25)9-23-13(10-3-4-10)8-15(22-23)17(18,19)20/h5-8,10H,2-4,9H2,1H3,(H,21,25). The lowest BCUT2D eigenvalue weighted by Gasteiger charge is -2.10. The number of hydrogen-bond donors (Lipinski definition) is 1. The summed E-state index contributed by atoms with van der Waals surface area (Å²) in [6.45, 7) is 1.55. The molecule has 0 spiro atoms. The molecule has 1 aromatic heterocycles. The lowest BCUT2D eigenvalue weighted by atomic mass is 10.2. The van der Waals surface area contributed by atoms with E-state index in [0.717, 1.165) is 23.6 Å². The molecule has 1 aromatic carbocycles. The third kappa shape index (κ3) is 4.41. The van der Waals surface area contributed by atoms with Crippen molar-refractivity contribution in [3.8, 4) is 5.75 Å². The predicted molar refractivity (Wildman–Crippen MR) is 92.1 cm³/mol. The minimum Gasteiger partial charge on any atom is -0.494 e. The molecule has 1 heterocycles. The number of nitrogens with one attached hydrogen (secondary N) is 1. The maximum Gasteiger partial charge on any atom is 0.435 e. The van der Waals surface area contributed by atoms with E-state index in [1.165, 1.54) is 18.2 Å². The van der Waals surface area contributed by atoms with Gasteiger partial charge in [0.05, 0.1) is 17.6 Å². The van der Waals surface area contributed by atoms with Gasteiger partial charge in [0, 0.05) is 11.6 Å². The van der Waals surface area contributed by atoms with Crippen molar-refractivity contribution < 1.29 is 27.6 Å². The molecule has 0 aliphatic heterocycles. The van der Waals surface area contributed by atoms with Crippen LogP contribution in [0.25, 0.3) is 0 Å². The van der Waals surface area contributed by atoms with E-state index >= 15 is 0 Å². The van der Waals surface area contributed by atoms with Crippen LogP contribution >= 0.6 is 0 Å². The first-order valence-corrected chi connectivity index (χ1v) is 8.55. The van der Waals surface area contributed by atoms with E-state index in [9.17, 15) is 28.1 Å². The Kier molecular flexibility index (Phi) is 5.25. The van der Waals surface area contributed by atoms with Gasteiger partial charge in [-0.05, 0) is 38.0 Å². The summed E-state index contributed by atoms with van der Waals surface area (Å²) in [5.41, 5.74) is -1.18. The summed E-state index contributed by atoms with van der Waals surface area (Å²) in [6.07, 6.45) is -3.15. The van der Waals surface area contributed by atoms with E-state index < -0.39 is 29.2 Å². The van der Waals surface area contributed by atoms with Gasteiger partial charge in [-0.15, -0.1) is 0 Å². The molecule has 1 amide bonds. The van der Waals surface area contributed by atoms with Gasteiger partial charge in [0.1, 0.15) is 18.0 Å². The molecule has 0 unspecified atom stereocenters. The first-order valence-electron chi connectivity index (χ1n) is 8.55. The topological polar surface area (TPSA) is 99.3 Å². The average molecular weight is 398 g/mol. The number of anilines is 1. The van der Waals surface area contributed by atoms with Crippen molar-refractivity contribution in [2.45, 2.75) is 38.4 Å². The lowest BCUT2D eigenvalue weighted by molar-refractivity contribution is -0.384. The van der Waals surface area contributed by atoms with Gasteiger partial charge >= 0.3 is 6.18 Å². The maximum absolute atomic E-state index is 12.9. The highest BCUT2D eigenvalue weighted by Crippen LogP contribution is 2.42. The third-order valence-corrected chi connectivity index (χ3v) is 4.14. The Bertz CT molecular complexity index is 906. The lowest BCUT2D eigenvalue weighted by Crippen LogP contribution is -2.21. The Morgan fingerprint density at radius 3 is 2.68 bits per heavy atom. The van der Waals surface area contributed by atoms with E-state index in [1.807, 2.05) is 0 Å². The molecular formula is C17H17F3N4O4. The van der Waals surface area contributed by atoms with Crippen molar-refractivity contribution in [3.05, 3.63) is 45.8 Å². The van der Waals surface area contributed by atoms with E-state index in [4.69, 9.17) is 4.74 Å². The van der Waals surface area contributed by atoms with E-state index in [-0.39, 0.29) is 23.0 Å². The van der Waals surface area contributed by atoms with Gasteiger partial charge in [0.25, 0.3) is 5.69 Å². The van der Waals surface area contributed by atoms with Crippen LogP contribution in [0.4, 0.5) is 24.5 Å². The van der Waals surface area contributed by atoms with Crippen LogP contribution in [0.15, 0.2) is 24.3 Å². The van der Waals surface area contributed by atoms with Crippen molar-refractivity contribution in [2.24, 2.45) is 0 Å². The second kappa shape index (κ2) is 7.49. The van der Waals surface area contributed by atoms with Crippen LogP contribution in [-0.4, -0.2) is 27.2 Å². The molecule has 150 valence electrons. The molecule has 1 aliphatic carbocycles. The summed E-state index contributed by atoms with van der Waals surface area (Å²) in [5.74, 6) is -0.507. The number of amides is 1. The zero-order chi connectivity index (χ0) is 20.5. The summed E-state index contributed by atoms with van der Waals surface area (Å²) in [5, 5.41) is 17.1. The van der Waals surface area contributed by atoms with Gasteiger partial charge in [-0.2, -0.15) is 18.3 Å². The van der Waals surface area contributed by atoms with Gasteiger partial charge in [0.2, 0.25) is 5.91 Å². The van der Waals surface area contributed by atoms with Gasteiger partial charge in [-0.25, -0.2) is 0 Å². The van der Waals surface area contributed by atoms with Crippen molar-refractivity contribution in [3.63, 3.8) is 0 Å². The summed E-state index contributed by atoms with van der Waals surface area (Å²) in [4.78, 5) is 22.9. The maximum atomic E-state index is 12.9. The van der Waals surface area contributed by atoms with Crippen molar-refractivity contribution in [1.82, 2.24) is 9.78 Å². The Balaban J connectivity index is 1.79. The molecule has 8 nitrogen and oxygen atoms in total. The second-order valence-electron chi connectivity index (χ2n) is 6.30. The van der Waals surface area contributed by atoms with Crippen molar-refractivity contribution in [1.29, 1.82) is 0 Å². The quantitative estimate of drug-likeness (QED) is 0.566. The molecule has 28 heavy (non-hydrogen) atoms. The molecule has 0 saturated heterocycles. The fourth-order valence-electron chi connectivity index (χ4n) is 2.75. The highest BCUT2D eigenvalue weighted by Gasteiger charge is 2.38. The number of nitro benzene ring substituents is 1. The molecule has 0 bridgehead atoms. The number of alkyl halides is 3. The van der Waals surface area contributed by atoms with Gasteiger partial charge in [-0.1, -0.05) is 0 Å². The number of nitrogens with zero attached hydrogens (tertiary/aromatic N) is 3. The molecule has 1 aliphatic rings. The molecule has 1 fully saturated rings. The smallest absolute Gasteiger partial charge is 0.435 e. The Morgan fingerprint density at radius 2 is 2.11 bits per heavy atom. The summed E-state index contributed by atoms with van der Waals surface area (Å²) >= 11 is 0. The second-order valence-corrected chi connectivity index (χ2v) is 6.30. The summed E-state index contributed by atoms with van der Waals surface area (Å²) in [6, 6.07) is 4.89. The van der Waals surface area contributed by atoms with Crippen molar-refractivity contribution >= 4 is 17.3 Å². The van der Waals surface area contributed by atoms with Gasteiger partial charge < -0.3 is 10.1 Å². The average Bonchev–Trinajstić information content (AvgIpc) is 3.35. The first-order chi connectivity index (χ1) is 13.2. The zero-order valence-electron chi connectivity index (χ0n) is 14.8. The normalized spacial score (nSPS) is 14.0. The van der Waals surface area contributed by atoms with Gasteiger partial charge in [-0.3, -0.25) is 19.6 Å². The van der Waals surface area contributed by atoms with Crippen LogP contribution in [0.3, 0.4) is 0 Å². The number of halogens is 3. The Hall–Kier alpha value is -3.11. The minimum atomic E-state index is -4.61. The third-order valence-electron chi connectivity index (χ3n) is 4.14. The number of rotatable bonds is 7. The number of hydrogen-bond acceptors (Lipinski definition) is 5. The molecule has 11 heteroatoms. The number of aromatic nitrogens is 2. The Morgan fingerprint density at radius 1 is 1.39 bits per heavy atom. The predicted octanol–water partition coefficient (Wildman–Crippen LogP) is 3.72. The largest absolute Gasteiger partial charge is 0.494 e. The molecule has 1 saturated carbocycles. The van der Waals surface area contributed by atoms with Crippen LogP contribution < -0.4 is 10.1 Å². The highest BCUT2D eigenvalue weighted by atomic mass is 19.4. The van der Waals surface area contributed by atoms with Crippen LogP contribution in [0.5, 0.6) is 5.75 Å². The number of ether oxygens (including phenoxy) is 1. The van der Waals surface area contributed by atoms with Crippen LogP contribution in [0.1, 0.15) is 37.1 Å². The number of carbonyl (C=O) groups excluding carboxylic acids is 1.